The lowest BCUT2D eigenvalue weighted by Crippen LogP contribution is -2.33. The largest absolute Gasteiger partial charge is 0.377 e. The van der Waals surface area contributed by atoms with Crippen molar-refractivity contribution in [2.24, 2.45) is 0 Å². The molecule has 0 saturated carbocycles. The molecule has 2 aromatic rings. The molecule has 0 aliphatic heterocycles. The van der Waals surface area contributed by atoms with Gasteiger partial charge in [-0.15, -0.1) is 0 Å². The minimum atomic E-state index is -0.386. The van der Waals surface area contributed by atoms with Gasteiger partial charge in [-0.05, 0) is 12.1 Å². The van der Waals surface area contributed by atoms with E-state index in [0.717, 1.165) is 11.3 Å². The Kier molecular flexibility index (Phi) is 3.75. The molecule has 0 fully saturated rings. The number of nitro groups is 1. The van der Waals surface area contributed by atoms with Gasteiger partial charge in [-0.1, -0.05) is 0 Å². The summed E-state index contributed by atoms with van der Waals surface area (Å²) in [4.78, 5) is 12.2. The number of hydrogen-bond acceptors (Lipinski definition) is 3. The normalized spacial score (nSPS) is 10.2. The molecule has 0 radical (unpaired) electrons. The Bertz CT molecular complexity index is 562. The second kappa shape index (κ2) is 5.48. The molecular weight excluding hydrogens is 242 g/mol. The predicted molar refractivity (Wildman–Crippen MR) is 73.2 cm³/mol. The van der Waals surface area contributed by atoms with E-state index in [1.54, 1.807) is 12.1 Å². The van der Waals surface area contributed by atoms with E-state index >= 15 is 0 Å². The molecule has 19 heavy (non-hydrogen) atoms. The first-order valence-electron chi connectivity index (χ1n) is 5.96. The summed E-state index contributed by atoms with van der Waals surface area (Å²) in [5.41, 5.74) is 2.30. The van der Waals surface area contributed by atoms with Crippen molar-refractivity contribution in [2.75, 3.05) is 19.0 Å². The molecule has 0 aliphatic rings. The van der Waals surface area contributed by atoms with Crippen molar-refractivity contribution >= 4 is 11.4 Å². The highest BCUT2D eigenvalue weighted by molar-refractivity contribution is 5.41. The lowest BCUT2D eigenvalue weighted by molar-refractivity contribution is -0.688. The van der Waals surface area contributed by atoms with Gasteiger partial charge in [-0.25, -0.2) is 4.57 Å². The van der Waals surface area contributed by atoms with Crippen LogP contribution in [0.1, 0.15) is 5.56 Å². The molecule has 1 aromatic carbocycles. The standard InChI is InChI=1S/C14H16N3O2/c1-15(2)13-7-9-16(10-8-13)11-12-3-5-14(6-4-12)17(18)19/h3-10H,11H2,1-2H3/q+1. The van der Waals surface area contributed by atoms with Gasteiger partial charge < -0.3 is 4.90 Å². The minimum absolute atomic E-state index is 0.122. The van der Waals surface area contributed by atoms with Crippen LogP contribution in [0.4, 0.5) is 11.4 Å². The van der Waals surface area contributed by atoms with Gasteiger partial charge in [0, 0.05) is 49.6 Å². The Morgan fingerprint density at radius 3 is 2.16 bits per heavy atom. The molecule has 1 aromatic heterocycles. The van der Waals surface area contributed by atoms with Gasteiger partial charge in [-0.3, -0.25) is 10.1 Å². The first-order valence-corrected chi connectivity index (χ1v) is 5.96. The summed E-state index contributed by atoms with van der Waals surface area (Å²) in [6.45, 7) is 0.700. The van der Waals surface area contributed by atoms with Crippen molar-refractivity contribution in [3.05, 3.63) is 64.5 Å². The van der Waals surface area contributed by atoms with Crippen LogP contribution in [-0.2, 0) is 6.54 Å². The van der Waals surface area contributed by atoms with E-state index in [9.17, 15) is 10.1 Å². The number of nitrogens with zero attached hydrogens (tertiary/aromatic N) is 3. The fraction of sp³-hybridized carbons (Fsp3) is 0.214. The van der Waals surface area contributed by atoms with Crippen molar-refractivity contribution in [2.45, 2.75) is 6.54 Å². The van der Waals surface area contributed by atoms with E-state index in [2.05, 4.69) is 0 Å². The molecule has 5 heteroatoms. The lowest BCUT2D eigenvalue weighted by Gasteiger charge is -2.10. The highest BCUT2D eigenvalue weighted by Crippen LogP contribution is 2.12. The van der Waals surface area contributed by atoms with Gasteiger partial charge in [-0.2, -0.15) is 0 Å². The monoisotopic (exact) mass is 258 g/mol. The second-order valence-corrected chi connectivity index (χ2v) is 4.55. The summed E-state index contributed by atoms with van der Waals surface area (Å²) in [5.74, 6) is 0. The molecule has 5 nitrogen and oxygen atoms in total. The van der Waals surface area contributed by atoms with Gasteiger partial charge in [0.2, 0.25) is 0 Å². The molecule has 98 valence electrons. The number of hydrogen-bond donors (Lipinski definition) is 0. The summed E-state index contributed by atoms with van der Waals surface area (Å²) in [6, 6.07) is 10.7. The molecule has 0 atom stereocenters. The van der Waals surface area contributed by atoms with Crippen molar-refractivity contribution < 1.29 is 9.49 Å². The fourth-order valence-electron chi connectivity index (χ4n) is 1.79. The number of nitro benzene ring substituents is 1. The number of anilines is 1. The van der Waals surface area contributed by atoms with Crippen LogP contribution in [0.25, 0.3) is 0 Å². The molecule has 0 spiro atoms. The van der Waals surface area contributed by atoms with Gasteiger partial charge in [0.15, 0.2) is 18.9 Å². The number of pyridine rings is 1. The minimum Gasteiger partial charge on any atom is -0.377 e. The van der Waals surface area contributed by atoms with E-state index in [1.165, 1.54) is 12.1 Å². The predicted octanol–water partition coefficient (Wildman–Crippen LogP) is 2.00. The summed E-state index contributed by atoms with van der Waals surface area (Å²) in [7, 11) is 3.99. The quantitative estimate of drug-likeness (QED) is 0.479. The molecule has 0 amide bonds. The first kappa shape index (κ1) is 13.0. The van der Waals surface area contributed by atoms with Crippen LogP contribution >= 0.6 is 0 Å². The molecule has 1 heterocycles. The average molecular weight is 258 g/mol. The van der Waals surface area contributed by atoms with E-state index < -0.39 is 0 Å². The maximum absolute atomic E-state index is 10.6. The van der Waals surface area contributed by atoms with Gasteiger partial charge in [0.05, 0.1) is 4.92 Å². The van der Waals surface area contributed by atoms with Crippen LogP contribution in [0.3, 0.4) is 0 Å². The van der Waals surface area contributed by atoms with Crippen molar-refractivity contribution in [3.8, 4) is 0 Å². The van der Waals surface area contributed by atoms with Crippen molar-refractivity contribution in [1.82, 2.24) is 0 Å². The Morgan fingerprint density at radius 1 is 1.11 bits per heavy atom. The van der Waals surface area contributed by atoms with Crippen molar-refractivity contribution in [3.63, 3.8) is 0 Å². The Balaban J connectivity index is 2.10. The second-order valence-electron chi connectivity index (χ2n) is 4.55. The van der Waals surface area contributed by atoms with E-state index in [-0.39, 0.29) is 10.6 Å². The molecule has 0 bridgehead atoms. The zero-order valence-electron chi connectivity index (χ0n) is 11.0. The maximum atomic E-state index is 10.6. The Morgan fingerprint density at radius 2 is 1.68 bits per heavy atom. The smallest absolute Gasteiger partial charge is 0.269 e. The van der Waals surface area contributed by atoms with E-state index in [0.29, 0.717) is 6.54 Å². The molecule has 2 rings (SSSR count). The number of rotatable bonds is 4. The average Bonchev–Trinajstić information content (AvgIpc) is 2.40. The molecular formula is C14H16N3O2+. The third-order valence-corrected chi connectivity index (χ3v) is 2.90. The van der Waals surface area contributed by atoms with Crippen LogP contribution in [0.2, 0.25) is 0 Å². The first-order chi connectivity index (χ1) is 9.06. The summed E-state index contributed by atoms with van der Waals surface area (Å²) >= 11 is 0. The molecule has 0 saturated heterocycles. The van der Waals surface area contributed by atoms with Crippen molar-refractivity contribution in [1.29, 1.82) is 0 Å². The maximum Gasteiger partial charge on any atom is 0.269 e. The molecule has 0 unspecified atom stereocenters. The topological polar surface area (TPSA) is 50.3 Å². The highest BCUT2D eigenvalue weighted by atomic mass is 16.6. The Labute approximate surface area is 111 Å². The number of non-ortho nitro benzene ring substituents is 1. The zero-order valence-corrected chi connectivity index (χ0v) is 11.0. The highest BCUT2D eigenvalue weighted by Gasteiger charge is 2.07. The zero-order chi connectivity index (χ0) is 13.8. The van der Waals surface area contributed by atoms with Gasteiger partial charge >= 0.3 is 0 Å². The van der Waals surface area contributed by atoms with Crippen LogP contribution in [0.5, 0.6) is 0 Å². The summed E-state index contributed by atoms with van der Waals surface area (Å²) in [6.07, 6.45) is 3.99. The van der Waals surface area contributed by atoms with Crippen LogP contribution in [-0.4, -0.2) is 19.0 Å². The molecule has 0 aliphatic carbocycles. The summed E-state index contributed by atoms with van der Waals surface area (Å²) < 4.78 is 2.04. The van der Waals surface area contributed by atoms with E-state index in [1.807, 2.05) is 48.1 Å². The summed E-state index contributed by atoms with van der Waals surface area (Å²) in [5, 5.41) is 10.6. The molecule has 0 N–H and O–H groups in total. The van der Waals surface area contributed by atoms with Crippen LogP contribution in [0.15, 0.2) is 48.8 Å². The van der Waals surface area contributed by atoms with Crippen LogP contribution in [0, 0.1) is 10.1 Å². The number of benzene rings is 1. The third kappa shape index (κ3) is 3.28. The van der Waals surface area contributed by atoms with Gasteiger partial charge in [0.1, 0.15) is 0 Å². The van der Waals surface area contributed by atoms with E-state index in [4.69, 9.17) is 0 Å². The number of aromatic nitrogens is 1. The SMILES string of the molecule is CN(C)c1cc[n+](Cc2ccc([N+](=O)[O-])cc2)cc1. The van der Waals surface area contributed by atoms with Gasteiger partial charge in [0.25, 0.3) is 5.69 Å². The van der Waals surface area contributed by atoms with Crippen LogP contribution < -0.4 is 9.47 Å². The third-order valence-electron chi connectivity index (χ3n) is 2.90. The Hall–Kier alpha value is -2.43. The fourth-order valence-corrected chi connectivity index (χ4v) is 1.79. The lowest BCUT2D eigenvalue weighted by atomic mass is 10.2.